The monoisotopic (exact) mass is 223 g/mol. The Morgan fingerprint density at radius 2 is 2.31 bits per heavy atom. The SMILES string of the molecule is CC1CC(O)(Cc2ccn(C)n2)CCN1C. The molecule has 0 radical (unpaired) electrons. The average molecular weight is 223 g/mol. The largest absolute Gasteiger partial charge is 0.389 e. The van der Waals surface area contributed by atoms with Gasteiger partial charge in [-0.2, -0.15) is 5.10 Å². The number of hydrogen-bond donors (Lipinski definition) is 1. The standard InChI is InChI=1S/C12H21N3O/c1-10-8-12(16,5-7-14(10)2)9-11-4-6-15(3)13-11/h4,6,10,16H,5,7-9H2,1-3H3. The first-order valence-corrected chi connectivity index (χ1v) is 5.90. The van der Waals surface area contributed by atoms with Gasteiger partial charge in [0.2, 0.25) is 0 Å². The van der Waals surface area contributed by atoms with Crippen molar-refractivity contribution in [3.8, 4) is 0 Å². The summed E-state index contributed by atoms with van der Waals surface area (Å²) in [7, 11) is 4.02. The van der Waals surface area contributed by atoms with Crippen molar-refractivity contribution in [3.63, 3.8) is 0 Å². The van der Waals surface area contributed by atoms with E-state index in [1.807, 2.05) is 19.3 Å². The molecule has 1 aliphatic heterocycles. The minimum atomic E-state index is -0.569. The Balaban J connectivity index is 2.03. The smallest absolute Gasteiger partial charge is 0.0730 e. The molecule has 0 bridgehead atoms. The van der Waals surface area contributed by atoms with Crippen LogP contribution in [0.2, 0.25) is 0 Å². The molecule has 90 valence electrons. The van der Waals surface area contributed by atoms with Crippen molar-refractivity contribution in [1.82, 2.24) is 14.7 Å². The first-order chi connectivity index (χ1) is 7.48. The van der Waals surface area contributed by atoms with Gasteiger partial charge in [0, 0.05) is 32.3 Å². The predicted molar refractivity (Wildman–Crippen MR) is 63.2 cm³/mol. The Bertz CT molecular complexity index is 363. The molecule has 1 N–H and O–H groups in total. The van der Waals surface area contributed by atoms with Crippen molar-refractivity contribution in [3.05, 3.63) is 18.0 Å². The highest BCUT2D eigenvalue weighted by Gasteiger charge is 2.35. The normalized spacial score (nSPS) is 31.9. The van der Waals surface area contributed by atoms with E-state index in [1.54, 1.807) is 4.68 Å². The molecule has 0 aliphatic carbocycles. The van der Waals surface area contributed by atoms with Gasteiger partial charge >= 0.3 is 0 Å². The number of aryl methyl sites for hydroxylation is 1. The van der Waals surface area contributed by atoms with Crippen LogP contribution in [-0.2, 0) is 13.5 Å². The van der Waals surface area contributed by atoms with Gasteiger partial charge in [-0.3, -0.25) is 4.68 Å². The van der Waals surface area contributed by atoms with E-state index in [2.05, 4.69) is 24.0 Å². The summed E-state index contributed by atoms with van der Waals surface area (Å²) in [5.74, 6) is 0. The fourth-order valence-electron chi connectivity index (χ4n) is 2.47. The second kappa shape index (κ2) is 4.18. The minimum Gasteiger partial charge on any atom is -0.389 e. The zero-order valence-corrected chi connectivity index (χ0v) is 10.3. The quantitative estimate of drug-likeness (QED) is 0.806. The Kier molecular flexibility index (Phi) is 3.04. The first kappa shape index (κ1) is 11.6. The van der Waals surface area contributed by atoms with Crippen molar-refractivity contribution in [2.45, 2.75) is 37.8 Å². The molecular weight excluding hydrogens is 202 g/mol. The van der Waals surface area contributed by atoms with Gasteiger partial charge in [-0.05, 0) is 32.9 Å². The third-order valence-electron chi connectivity index (χ3n) is 3.64. The van der Waals surface area contributed by atoms with Gasteiger partial charge in [-0.1, -0.05) is 0 Å². The third kappa shape index (κ3) is 2.44. The Labute approximate surface area is 96.9 Å². The van der Waals surface area contributed by atoms with E-state index in [0.717, 1.165) is 25.1 Å². The van der Waals surface area contributed by atoms with Gasteiger partial charge in [0.05, 0.1) is 11.3 Å². The van der Waals surface area contributed by atoms with Crippen LogP contribution in [0.15, 0.2) is 12.3 Å². The van der Waals surface area contributed by atoms with E-state index in [4.69, 9.17) is 0 Å². The van der Waals surface area contributed by atoms with Gasteiger partial charge in [-0.25, -0.2) is 0 Å². The average Bonchev–Trinajstić information content (AvgIpc) is 2.58. The van der Waals surface area contributed by atoms with Gasteiger partial charge in [0.1, 0.15) is 0 Å². The number of nitrogens with zero attached hydrogens (tertiary/aromatic N) is 3. The maximum Gasteiger partial charge on any atom is 0.0730 e. The molecule has 2 heterocycles. The van der Waals surface area contributed by atoms with Crippen LogP contribution in [0.5, 0.6) is 0 Å². The van der Waals surface area contributed by atoms with Gasteiger partial charge in [-0.15, -0.1) is 0 Å². The van der Waals surface area contributed by atoms with Crippen LogP contribution in [0, 0.1) is 0 Å². The third-order valence-corrected chi connectivity index (χ3v) is 3.64. The summed E-state index contributed by atoms with van der Waals surface area (Å²) in [6.07, 6.45) is 4.27. The van der Waals surface area contributed by atoms with Crippen LogP contribution in [0.25, 0.3) is 0 Å². The van der Waals surface area contributed by atoms with Crippen LogP contribution >= 0.6 is 0 Å². The molecule has 1 aliphatic rings. The summed E-state index contributed by atoms with van der Waals surface area (Å²) in [5, 5.41) is 14.9. The summed E-state index contributed by atoms with van der Waals surface area (Å²) in [5.41, 5.74) is 0.419. The molecular formula is C12H21N3O. The van der Waals surface area contributed by atoms with E-state index in [-0.39, 0.29) is 0 Å². The summed E-state index contributed by atoms with van der Waals surface area (Å²) in [6.45, 7) is 3.13. The van der Waals surface area contributed by atoms with E-state index < -0.39 is 5.60 Å². The number of piperidine rings is 1. The topological polar surface area (TPSA) is 41.3 Å². The van der Waals surface area contributed by atoms with Crippen molar-refractivity contribution >= 4 is 0 Å². The number of hydrogen-bond acceptors (Lipinski definition) is 3. The first-order valence-electron chi connectivity index (χ1n) is 5.90. The molecule has 0 amide bonds. The molecule has 2 atom stereocenters. The molecule has 4 nitrogen and oxygen atoms in total. The molecule has 2 unspecified atom stereocenters. The molecule has 16 heavy (non-hydrogen) atoms. The van der Waals surface area contributed by atoms with E-state index >= 15 is 0 Å². The predicted octanol–water partition coefficient (Wildman–Crippen LogP) is 0.808. The molecule has 2 rings (SSSR count). The zero-order valence-electron chi connectivity index (χ0n) is 10.3. The van der Waals surface area contributed by atoms with Crippen LogP contribution in [-0.4, -0.2) is 45.0 Å². The molecule has 1 aromatic heterocycles. The van der Waals surface area contributed by atoms with Crippen LogP contribution in [0.4, 0.5) is 0 Å². The zero-order chi connectivity index (χ0) is 11.8. The van der Waals surface area contributed by atoms with Crippen LogP contribution in [0.1, 0.15) is 25.5 Å². The second-order valence-corrected chi connectivity index (χ2v) is 5.17. The summed E-state index contributed by atoms with van der Waals surface area (Å²) < 4.78 is 1.79. The van der Waals surface area contributed by atoms with E-state index in [9.17, 15) is 5.11 Å². The minimum absolute atomic E-state index is 0.447. The molecule has 1 fully saturated rings. The van der Waals surface area contributed by atoms with Crippen LogP contribution in [0.3, 0.4) is 0 Å². The molecule has 1 saturated heterocycles. The van der Waals surface area contributed by atoms with Crippen molar-refractivity contribution in [2.24, 2.45) is 7.05 Å². The molecule has 4 heteroatoms. The lowest BCUT2D eigenvalue weighted by molar-refractivity contribution is -0.0360. The van der Waals surface area contributed by atoms with E-state index in [1.165, 1.54) is 0 Å². The fourth-order valence-corrected chi connectivity index (χ4v) is 2.47. The number of likely N-dealkylation sites (tertiary alicyclic amines) is 1. The second-order valence-electron chi connectivity index (χ2n) is 5.17. The molecule has 1 aromatic rings. The highest BCUT2D eigenvalue weighted by atomic mass is 16.3. The maximum atomic E-state index is 10.5. The lowest BCUT2D eigenvalue weighted by atomic mass is 9.84. The molecule has 0 saturated carbocycles. The molecule has 0 aromatic carbocycles. The lowest BCUT2D eigenvalue weighted by Gasteiger charge is -2.40. The van der Waals surface area contributed by atoms with Gasteiger partial charge < -0.3 is 10.0 Å². The lowest BCUT2D eigenvalue weighted by Crippen LogP contribution is -2.48. The van der Waals surface area contributed by atoms with Crippen molar-refractivity contribution in [1.29, 1.82) is 0 Å². The summed E-state index contributed by atoms with van der Waals surface area (Å²) in [4.78, 5) is 2.30. The summed E-state index contributed by atoms with van der Waals surface area (Å²) >= 11 is 0. The van der Waals surface area contributed by atoms with Crippen LogP contribution < -0.4 is 0 Å². The molecule has 0 spiro atoms. The highest BCUT2D eigenvalue weighted by Crippen LogP contribution is 2.28. The van der Waals surface area contributed by atoms with Crippen molar-refractivity contribution in [2.75, 3.05) is 13.6 Å². The Hall–Kier alpha value is -0.870. The van der Waals surface area contributed by atoms with Gasteiger partial charge in [0.15, 0.2) is 0 Å². The maximum absolute atomic E-state index is 10.5. The van der Waals surface area contributed by atoms with E-state index in [0.29, 0.717) is 12.5 Å². The number of rotatable bonds is 2. The van der Waals surface area contributed by atoms with Gasteiger partial charge in [0.25, 0.3) is 0 Å². The van der Waals surface area contributed by atoms with Crippen molar-refractivity contribution < 1.29 is 5.11 Å². The Morgan fingerprint density at radius 3 is 2.88 bits per heavy atom. The highest BCUT2D eigenvalue weighted by molar-refractivity contribution is 5.05. The number of aliphatic hydroxyl groups is 1. The Morgan fingerprint density at radius 1 is 1.56 bits per heavy atom. The number of aromatic nitrogens is 2. The summed E-state index contributed by atoms with van der Waals surface area (Å²) in [6, 6.07) is 2.43. The fraction of sp³-hybridized carbons (Fsp3) is 0.750.